The molecule has 7 nitrogen and oxygen atoms in total. The second-order valence-corrected chi connectivity index (χ2v) is 7.18. The number of carbonyl (C=O) groups excluding carboxylic acids is 1. The second kappa shape index (κ2) is 7.42. The van der Waals surface area contributed by atoms with Crippen LogP contribution < -0.4 is 10.2 Å². The average Bonchev–Trinajstić information content (AvgIpc) is 2.99. The highest BCUT2D eigenvalue weighted by Crippen LogP contribution is 2.26. The lowest BCUT2D eigenvalue weighted by molar-refractivity contribution is -0.120. The molecule has 4 rings (SSSR count). The lowest BCUT2D eigenvalue weighted by Crippen LogP contribution is -2.52. The minimum atomic E-state index is -0.0444. The van der Waals surface area contributed by atoms with Crippen molar-refractivity contribution < 1.29 is 4.79 Å². The summed E-state index contributed by atoms with van der Waals surface area (Å²) in [5, 5.41) is 7.55. The van der Waals surface area contributed by atoms with Gasteiger partial charge < -0.3 is 10.2 Å². The molecule has 1 saturated heterocycles. The molecule has 0 saturated carbocycles. The molecular formula is C21H24N6O. The zero-order chi connectivity index (χ0) is 19.7. The third-order valence-electron chi connectivity index (χ3n) is 5.10. The number of hydrogen-bond donors (Lipinski definition) is 1. The van der Waals surface area contributed by atoms with E-state index in [4.69, 9.17) is 0 Å². The van der Waals surface area contributed by atoms with Gasteiger partial charge in [0.2, 0.25) is 5.91 Å². The van der Waals surface area contributed by atoms with Gasteiger partial charge in [0.15, 0.2) is 5.82 Å². The Kier molecular flexibility index (Phi) is 4.81. The Labute approximate surface area is 164 Å². The Morgan fingerprint density at radius 3 is 2.61 bits per heavy atom. The zero-order valence-corrected chi connectivity index (χ0v) is 16.4. The molecule has 0 radical (unpaired) electrons. The van der Waals surface area contributed by atoms with E-state index in [1.165, 1.54) is 0 Å². The molecule has 2 aromatic heterocycles. The van der Waals surface area contributed by atoms with Gasteiger partial charge in [0.25, 0.3) is 0 Å². The molecular weight excluding hydrogens is 352 g/mol. The maximum atomic E-state index is 12.6. The number of anilines is 2. The predicted molar refractivity (Wildman–Crippen MR) is 109 cm³/mol. The summed E-state index contributed by atoms with van der Waals surface area (Å²) in [5.74, 6) is 1.57. The highest BCUT2D eigenvalue weighted by molar-refractivity contribution is 5.95. The zero-order valence-electron chi connectivity index (χ0n) is 16.4. The van der Waals surface area contributed by atoms with Gasteiger partial charge in [-0.25, -0.2) is 14.6 Å². The van der Waals surface area contributed by atoms with Crippen molar-refractivity contribution in [3.63, 3.8) is 0 Å². The van der Waals surface area contributed by atoms with Crippen molar-refractivity contribution >= 4 is 17.4 Å². The first-order valence-corrected chi connectivity index (χ1v) is 9.54. The molecule has 1 aliphatic heterocycles. The Morgan fingerprint density at radius 2 is 1.89 bits per heavy atom. The minimum absolute atomic E-state index is 0.0444. The van der Waals surface area contributed by atoms with E-state index < -0.39 is 0 Å². The Bertz CT molecular complexity index is 1010. The van der Waals surface area contributed by atoms with Gasteiger partial charge in [0.1, 0.15) is 12.1 Å². The number of benzene rings is 1. The van der Waals surface area contributed by atoms with Gasteiger partial charge in [-0.2, -0.15) is 5.10 Å². The van der Waals surface area contributed by atoms with E-state index in [0.29, 0.717) is 13.1 Å². The van der Waals surface area contributed by atoms with Crippen molar-refractivity contribution in [3.05, 3.63) is 59.7 Å². The lowest BCUT2D eigenvalue weighted by atomic mass is 9.98. The summed E-state index contributed by atoms with van der Waals surface area (Å²) < 4.78 is 1.81. The number of nitrogens with zero attached hydrogens (tertiary/aromatic N) is 5. The monoisotopic (exact) mass is 376 g/mol. The predicted octanol–water partition coefficient (Wildman–Crippen LogP) is 2.92. The summed E-state index contributed by atoms with van der Waals surface area (Å²) in [6.45, 7) is 7.34. The summed E-state index contributed by atoms with van der Waals surface area (Å²) >= 11 is 0. The van der Waals surface area contributed by atoms with Crippen LogP contribution in [0.1, 0.15) is 23.9 Å². The van der Waals surface area contributed by atoms with Crippen LogP contribution in [0.3, 0.4) is 0 Å². The Balaban J connectivity index is 1.42. The number of nitrogens with one attached hydrogen (secondary N) is 1. The maximum Gasteiger partial charge on any atom is 0.231 e. The second-order valence-electron chi connectivity index (χ2n) is 7.18. The van der Waals surface area contributed by atoms with Crippen LogP contribution in [0.15, 0.2) is 42.7 Å². The first-order chi connectivity index (χ1) is 13.5. The van der Waals surface area contributed by atoms with Crippen LogP contribution in [-0.2, 0) is 11.2 Å². The third kappa shape index (κ3) is 3.47. The molecule has 144 valence electrons. The molecule has 0 atom stereocenters. The third-order valence-corrected chi connectivity index (χ3v) is 5.10. The maximum absolute atomic E-state index is 12.6. The van der Waals surface area contributed by atoms with Gasteiger partial charge in [0, 0.05) is 30.5 Å². The van der Waals surface area contributed by atoms with Crippen LogP contribution in [-0.4, -0.2) is 38.7 Å². The van der Waals surface area contributed by atoms with Crippen LogP contribution in [0.2, 0.25) is 0 Å². The number of carbonyl (C=O) groups is 1. The number of rotatable bonds is 5. The molecule has 1 aliphatic rings. The highest BCUT2D eigenvalue weighted by Gasteiger charge is 2.34. The van der Waals surface area contributed by atoms with Gasteiger partial charge in [-0.05, 0) is 38.0 Å². The van der Waals surface area contributed by atoms with Gasteiger partial charge >= 0.3 is 0 Å². The van der Waals surface area contributed by atoms with Crippen molar-refractivity contribution in [3.8, 4) is 5.82 Å². The molecule has 1 fully saturated rings. The van der Waals surface area contributed by atoms with Crippen LogP contribution in [0, 0.1) is 19.8 Å². The molecule has 0 spiro atoms. The smallest absolute Gasteiger partial charge is 0.231 e. The average molecular weight is 376 g/mol. The summed E-state index contributed by atoms with van der Waals surface area (Å²) in [7, 11) is 0. The molecule has 1 amide bonds. The number of aromatic nitrogens is 4. The van der Waals surface area contributed by atoms with Gasteiger partial charge in [-0.3, -0.25) is 4.79 Å². The standard InChI is InChI=1S/C21H24N6O/c1-4-16-7-5-6-8-18(16)24-21(28)17-11-26(12-17)19-10-20(23-13-22-19)27-15(3)9-14(2)25-27/h5-10,13,17H,4,11-12H2,1-3H3,(H,24,28). The molecule has 28 heavy (non-hydrogen) atoms. The summed E-state index contributed by atoms with van der Waals surface area (Å²) in [6, 6.07) is 11.9. The lowest BCUT2D eigenvalue weighted by Gasteiger charge is -2.39. The number of hydrogen-bond acceptors (Lipinski definition) is 5. The van der Waals surface area contributed by atoms with E-state index >= 15 is 0 Å². The van der Waals surface area contributed by atoms with Crippen molar-refractivity contribution in [2.24, 2.45) is 5.92 Å². The summed E-state index contributed by atoms with van der Waals surface area (Å²) in [4.78, 5) is 23.4. The minimum Gasteiger partial charge on any atom is -0.355 e. The van der Waals surface area contributed by atoms with E-state index in [1.54, 1.807) is 6.33 Å². The van der Waals surface area contributed by atoms with E-state index in [1.807, 2.05) is 54.9 Å². The van der Waals surface area contributed by atoms with Crippen LogP contribution in [0.5, 0.6) is 0 Å². The van der Waals surface area contributed by atoms with Gasteiger partial charge in [0.05, 0.1) is 11.6 Å². The van der Waals surface area contributed by atoms with Crippen molar-refractivity contribution in [2.45, 2.75) is 27.2 Å². The van der Waals surface area contributed by atoms with Crippen molar-refractivity contribution in [1.82, 2.24) is 19.7 Å². The summed E-state index contributed by atoms with van der Waals surface area (Å²) in [5.41, 5.74) is 4.03. The first kappa shape index (κ1) is 18.2. The molecule has 3 aromatic rings. The number of para-hydroxylation sites is 1. The molecule has 0 unspecified atom stereocenters. The van der Waals surface area contributed by atoms with E-state index in [0.717, 1.165) is 40.7 Å². The number of aryl methyl sites for hydroxylation is 3. The fourth-order valence-corrected chi connectivity index (χ4v) is 3.50. The SMILES string of the molecule is CCc1ccccc1NC(=O)C1CN(c2cc(-n3nc(C)cc3C)ncn2)C1. The van der Waals surface area contributed by atoms with E-state index in [-0.39, 0.29) is 11.8 Å². The normalized spacial score (nSPS) is 14.0. The van der Waals surface area contributed by atoms with Gasteiger partial charge in [-0.15, -0.1) is 0 Å². The molecule has 0 bridgehead atoms. The van der Waals surface area contributed by atoms with Crippen LogP contribution in [0.25, 0.3) is 5.82 Å². The molecule has 1 N–H and O–H groups in total. The largest absolute Gasteiger partial charge is 0.355 e. The highest BCUT2D eigenvalue weighted by atomic mass is 16.2. The first-order valence-electron chi connectivity index (χ1n) is 9.54. The van der Waals surface area contributed by atoms with Crippen LogP contribution >= 0.6 is 0 Å². The number of amides is 1. The molecule has 1 aromatic carbocycles. The molecule has 7 heteroatoms. The fraction of sp³-hybridized carbons (Fsp3) is 0.333. The summed E-state index contributed by atoms with van der Waals surface area (Å²) in [6.07, 6.45) is 2.44. The van der Waals surface area contributed by atoms with Crippen LogP contribution in [0.4, 0.5) is 11.5 Å². The molecule has 3 heterocycles. The Morgan fingerprint density at radius 1 is 1.14 bits per heavy atom. The van der Waals surface area contributed by atoms with E-state index in [9.17, 15) is 4.79 Å². The molecule has 0 aliphatic carbocycles. The van der Waals surface area contributed by atoms with Gasteiger partial charge in [-0.1, -0.05) is 25.1 Å². The quantitative estimate of drug-likeness (QED) is 0.741. The fourth-order valence-electron chi connectivity index (χ4n) is 3.50. The van der Waals surface area contributed by atoms with Crippen molar-refractivity contribution in [1.29, 1.82) is 0 Å². The van der Waals surface area contributed by atoms with Crippen molar-refractivity contribution in [2.75, 3.05) is 23.3 Å². The Hall–Kier alpha value is -3.22. The topological polar surface area (TPSA) is 75.9 Å². The van der Waals surface area contributed by atoms with E-state index in [2.05, 4.69) is 32.2 Å².